The van der Waals surface area contributed by atoms with Gasteiger partial charge in [-0.05, 0) is 29.8 Å². The number of hydrogen-bond donors (Lipinski definition) is 2. The van der Waals surface area contributed by atoms with Gasteiger partial charge in [0.25, 0.3) is 5.91 Å². The molecule has 7 heteroatoms. The third-order valence-corrected chi connectivity index (χ3v) is 3.24. The van der Waals surface area contributed by atoms with Gasteiger partial charge in [-0.1, -0.05) is 12.1 Å². The topological polar surface area (TPSA) is 104 Å². The fourth-order valence-corrected chi connectivity index (χ4v) is 2.04. The molecule has 3 N–H and O–H groups in total. The van der Waals surface area contributed by atoms with Crippen LogP contribution in [0.2, 0.25) is 0 Å². The third kappa shape index (κ3) is 5.06. The summed E-state index contributed by atoms with van der Waals surface area (Å²) in [7, 11) is 1.58. The summed E-state index contributed by atoms with van der Waals surface area (Å²) in [5.74, 6) is -0.157. The molecule has 0 aliphatic carbocycles. The molecule has 7 nitrogen and oxygen atoms in total. The molecule has 24 heavy (non-hydrogen) atoms. The van der Waals surface area contributed by atoms with Crippen molar-refractivity contribution < 1.29 is 19.1 Å². The molecule has 2 rings (SSSR count). The number of nitrogens with one attached hydrogen (secondary N) is 1. The first-order valence-electron chi connectivity index (χ1n) is 7.35. The Bertz CT molecular complexity index is 701. The van der Waals surface area contributed by atoms with Crippen molar-refractivity contribution in [3.05, 3.63) is 53.7 Å². The number of ether oxygens (including phenoxy) is 2. The van der Waals surface area contributed by atoms with E-state index in [0.717, 1.165) is 11.1 Å². The molecule has 0 atom stereocenters. The average Bonchev–Trinajstić information content (AvgIpc) is 2.60. The summed E-state index contributed by atoms with van der Waals surface area (Å²) in [6.45, 7) is 1.01. The Labute approximate surface area is 139 Å². The maximum Gasteiger partial charge on any atom is 0.404 e. The zero-order valence-electron chi connectivity index (χ0n) is 13.3. The minimum Gasteiger partial charge on any atom is -0.445 e. The summed E-state index contributed by atoms with van der Waals surface area (Å²) in [5.41, 5.74) is 7.86. The molecule has 0 radical (unpaired) electrons. The van der Waals surface area contributed by atoms with Crippen molar-refractivity contribution in [3.8, 4) is 11.3 Å². The average molecular weight is 329 g/mol. The zero-order valence-corrected chi connectivity index (χ0v) is 13.3. The predicted molar refractivity (Wildman–Crippen MR) is 88.3 cm³/mol. The zero-order chi connectivity index (χ0) is 17.4. The number of carbonyl (C=O) groups is 2. The van der Waals surface area contributed by atoms with Crippen LogP contribution in [0.15, 0.2) is 42.6 Å². The van der Waals surface area contributed by atoms with Crippen LogP contribution in [0, 0.1) is 0 Å². The van der Waals surface area contributed by atoms with Crippen LogP contribution in [0.5, 0.6) is 0 Å². The van der Waals surface area contributed by atoms with Gasteiger partial charge in [-0.3, -0.25) is 9.78 Å². The summed E-state index contributed by atoms with van der Waals surface area (Å²) in [5, 5.41) is 2.76. The van der Waals surface area contributed by atoms with Crippen molar-refractivity contribution in [3.63, 3.8) is 0 Å². The first kappa shape index (κ1) is 17.4. The van der Waals surface area contributed by atoms with E-state index in [1.54, 1.807) is 37.6 Å². The smallest absolute Gasteiger partial charge is 0.404 e. The van der Waals surface area contributed by atoms with E-state index in [1.165, 1.54) is 0 Å². The van der Waals surface area contributed by atoms with Gasteiger partial charge in [0.05, 0.1) is 12.3 Å². The second-order valence-electron chi connectivity index (χ2n) is 4.98. The van der Waals surface area contributed by atoms with E-state index in [0.29, 0.717) is 24.4 Å². The van der Waals surface area contributed by atoms with E-state index in [-0.39, 0.29) is 12.5 Å². The first-order chi connectivity index (χ1) is 11.6. The van der Waals surface area contributed by atoms with Crippen LogP contribution in [0.4, 0.5) is 4.79 Å². The summed E-state index contributed by atoms with van der Waals surface area (Å²) in [6, 6.07) is 10.6. The largest absolute Gasteiger partial charge is 0.445 e. The molecule has 0 aliphatic rings. The summed E-state index contributed by atoms with van der Waals surface area (Å²) in [4.78, 5) is 26.9. The molecule has 0 bridgehead atoms. The maximum atomic E-state index is 11.9. The lowest BCUT2D eigenvalue weighted by molar-refractivity contribution is 0.0937. The molecule has 0 aliphatic heterocycles. The second kappa shape index (κ2) is 8.64. The molecule has 1 aromatic carbocycles. The quantitative estimate of drug-likeness (QED) is 0.753. The molecular weight excluding hydrogens is 310 g/mol. The van der Waals surface area contributed by atoms with E-state index in [4.69, 9.17) is 15.2 Å². The van der Waals surface area contributed by atoms with Gasteiger partial charge in [0.2, 0.25) is 0 Å². The minimum absolute atomic E-state index is 0.0881. The van der Waals surface area contributed by atoms with Gasteiger partial charge in [0.15, 0.2) is 0 Å². The number of aromatic nitrogens is 1. The molecule has 2 aromatic rings. The molecule has 0 unspecified atom stereocenters. The number of amides is 2. The Kier molecular flexibility index (Phi) is 6.27. The van der Waals surface area contributed by atoms with Crippen LogP contribution in [0.1, 0.15) is 15.9 Å². The number of carbonyl (C=O) groups excluding carboxylic acids is 2. The lowest BCUT2D eigenvalue weighted by Crippen LogP contribution is -2.26. The Morgan fingerprint density at radius 1 is 1.21 bits per heavy atom. The van der Waals surface area contributed by atoms with E-state index in [9.17, 15) is 9.59 Å². The molecule has 0 saturated heterocycles. The van der Waals surface area contributed by atoms with Gasteiger partial charge in [-0.15, -0.1) is 0 Å². The fourth-order valence-electron chi connectivity index (χ4n) is 2.04. The first-order valence-corrected chi connectivity index (χ1v) is 7.35. The van der Waals surface area contributed by atoms with Crippen LogP contribution in [-0.2, 0) is 16.1 Å². The Balaban J connectivity index is 2.06. The van der Waals surface area contributed by atoms with E-state index < -0.39 is 6.09 Å². The van der Waals surface area contributed by atoms with Gasteiger partial charge in [0, 0.05) is 31.0 Å². The molecule has 0 fully saturated rings. The van der Waals surface area contributed by atoms with Gasteiger partial charge >= 0.3 is 6.09 Å². The van der Waals surface area contributed by atoms with Gasteiger partial charge in [-0.2, -0.15) is 0 Å². The lowest BCUT2D eigenvalue weighted by Gasteiger charge is -2.07. The Morgan fingerprint density at radius 2 is 1.96 bits per heavy atom. The minimum atomic E-state index is -0.822. The van der Waals surface area contributed by atoms with Crippen LogP contribution >= 0.6 is 0 Å². The van der Waals surface area contributed by atoms with Crippen molar-refractivity contribution >= 4 is 12.0 Å². The third-order valence-electron chi connectivity index (χ3n) is 3.24. The number of pyridine rings is 1. The van der Waals surface area contributed by atoms with Gasteiger partial charge < -0.3 is 20.5 Å². The monoisotopic (exact) mass is 329 g/mol. The van der Waals surface area contributed by atoms with E-state index >= 15 is 0 Å². The number of nitrogens with two attached hydrogens (primary N) is 1. The number of primary amides is 1. The molecule has 0 spiro atoms. The number of nitrogens with zero attached hydrogens (tertiary/aromatic N) is 1. The second-order valence-corrected chi connectivity index (χ2v) is 4.98. The molecule has 126 valence electrons. The normalized spacial score (nSPS) is 10.2. The van der Waals surface area contributed by atoms with E-state index in [1.807, 2.05) is 12.1 Å². The highest BCUT2D eigenvalue weighted by Crippen LogP contribution is 2.19. The summed E-state index contributed by atoms with van der Waals surface area (Å²) < 4.78 is 9.65. The molecule has 1 heterocycles. The fraction of sp³-hybridized carbons (Fsp3) is 0.235. The number of methoxy groups -OCH3 is 1. The standard InChI is InChI=1S/C17H19N3O4/c1-23-9-8-20-16(21)14-4-2-13(3-5-14)15-10-12(6-7-19-15)11-24-17(18)22/h2-7,10H,8-9,11H2,1H3,(H2,18,22)(H,20,21). The van der Waals surface area contributed by atoms with Crippen molar-refractivity contribution in [1.29, 1.82) is 0 Å². The Morgan fingerprint density at radius 3 is 2.62 bits per heavy atom. The number of hydrogen-bond acceptors (Lipinski definition) is 5. The van der Waals surface area contributed by atoms with Crippen molar-refractivity contribution in [2.75, 3.05) is 20.3 Å². The highest BCUT2D eigenvalue weighted by atomic mass is 16.5. The van der Waals surface area contributed by atoms with Crippen LogP contribution in [0.25, 0.3) is 11.3 Å². The van der Waals surface area contributed by atoms with Crippen molar-refractivity contribution in [1.82, 2.24) is 10.3 Å². The highest BCUT2D eigenvalue weighted by Gasteiger charge is 2.07. The van der Waals surface area contributed by atoms with Crippen LogP contribution in [-0.4, -0.2) is 37.2 Å². The van der Waals surface area contributed by atoms with Crippen molar-refractivity contribution in [2.45, 2.75) is 6.61 Å². The summed E-state index contributed by atoms with van der Waals surface area (Å²) in [6.07, 6.45) is 0.803. The number of rotatable bonds is 7. The van der Waals surface area contributed by atoms with Crippen LogP contribution < -0.4 is 11.1 Å². The molecule has 0 saturated carbocycles. The van der Waals surface area contributed by atoms with Gasteiger partial charge in [-0.25, -0.2) is 4.79 Å². The van der Waals surface area contributed by atoms with Crippen LogP contribution in [0.3, 0.4) is 0 Å². The van der Waals surface area contributed by atoms with Crippen molar-refractivity contribution in [2.24, 2.45) is 5.73 Å². The summed E-state index contributed by atoms with van der Waals surface area (Å²) >= 11 is 0. The maximum absolute atomic E-state index is 11.9. The molecular formula is C17H19N3O4. The highest BCUT2D eigenvalue weighted by molar-refractivity contribution is 5.94. The van der Waals surface area contributed by atoms with E-state index in [2.05, 4.69) is 10.3 Å². The molecule has 1 aromatic heterocycles. The van der Waals surface area contributed by atoms with Gasteiger partial charge in [0.1, 0.15) is 6.61 Å². The molecule has 2 amide bonds. The predicted octanol–water partition coefficient (Wildman–Crippen LogP) is 1.72. The number of benzene rings is 1. The lowest BCUT2D eigenvalue weighted by atomic mass is 10.1. The SMILES string of the molecule is COCCNC(=O)c1ccc(-c2cc(COC(N)=O)ccn2)cc1. The Hall–Kier alpha value is -2.93.